The molecule has 0 amide bonds. The second kappa shape index (κ2) is 4.37. The highest BCUT2D eigenvalue weighted by atomic mass is 32.1. The summed E-state index contributed by atoms with van der Waals surface area (Å²) in [4.78, 5) is 0. The lowest BCUT2D eigenvalue weighted by Gasteiger charge is -2.04. The molecular formula is C20H14N4S. The van der Waals surface area contributed by atoms with Crippen molar-refractivity contribution < 1.29 is 0 Å². The molecule has 0 aliphatic rings. The minimum atomic E-state index is 1.01. The molecule has 0 spiro atoms. The molecule has 6 rings (SSSR count). The lowest BCUT2D eigenvalue weighted by molar-refractivity contribution is 0.986. The molecule has 0 aliphatic heterocycles. The van der Waals surface area contributed by atoms with Gasteiger partial charge in [0.15, 0.2) is 0 Å². The fourth-order valence-electron chi connectivity index (χ4n) is 4.34. The Kier molecular flexibility index (Phi) is 2.34. The zero-order valence-electron chi connectivity index (χ0n) is 13.8. The standard InChI is InChI=1S/C20H14N4S/c1-23-13-9-5-3-7-11(13)15-17-18(22-25-21-17)16-12-8-4-6-10-14(12)24(2)20(16)19(15)23/h3-10H,1-2H3. The van der Waals surface area contributed by atoms with E-state index in [9.17, 15) is 0 Å². The van der Waals surface area contributed by atoms with E-state index in [-0.39, 0.29) is 0 Å². The van der Waals surface area contributed by atoms with E-state index in [1.165, 1.54) is 55.3 Å². The van der Waals surface area contributed by atoms with Crippen molar-refractivity contribution in [3.05, 3.63) is 48.5 Å². The quantitative estimate of drug-likeness (QED) is 0.390. The van der Waals surface area contributed by atoms with Crippen molar-refractivity contribution in [3.8, 4) is 0 Å². The van der Waals surface area contributed by atoms with Crippen molar-refractivity contribution in [2.45, 2.75) is 0 Å². The van der Waals surface area contributed by atoms with Gasteiger partial charge in [-0.15, -0.1) is 0 Å². The van der Waals surface area contributed by atoms with Crippen LogP contribution < -0.4 is 0 Å². The Morgan fingerprint density at radius 3 is 1.60 bits per heavy atom. The molecule has 0 saturated carbocycles. The number of para-hydroxylation sites is 2. The molecule has 3 aromatic heterocycles. The van der Waals surface area contributed by atoms with Crippen molar-refractivity contribution >= 4 is 66.4 Å². The maximum Gasteiger partial charge on any atom is 0.115 e. The van der Waals surface area contributed by atoms with E-state index in [1.807, 2.05) is 0 Å². The third-order valence-corrected chi connectivity index (χ3v) is 5.93. The number of fused-ring (bicyclic) bond motifs is 10. The van der Waals surface area contributed by atoms with Crippen molar-refractivity contribution in [2.75, 3.05) is 0 Å². The van der Waals surface area contributed by atoms with Gasteiger partial charge in [-0.1, -0.05) is 36.4 Å². The molecule has 3 heterocycles. The van der Waals surface area contributed by atoms with Crippen LogP contribution in [0, 0.1) is 0 Å². The molecule has 5 heteroatoms. The van der Waals surface area contributed by atoms with E-state index >= 15 is 0 Å². The van der Waals surface area contributed by atoms with Crippen molar-refractivity contribution in [3.63, 3.8) is 0 Å². The first-order valence-corrected chi connectivity index (χ1v) is 8.99. The molecule has 6 aromatic rings. The van der Waals surface area contributed by atoms with E-state index in [1.54, 1.807) is 0 Å². The first-order valence-electron chi connectivity index (χ1n) is 8.26. The van der Waals surface area contributed by atoms with Crippen LogP contribution in [0.2, 0.25) is 0 Å². The second-order valence-corrected chi connectivity index (χ2v) is 7.09. The fourth-order valence-corrected chi connectivity index (χ4v) is 4.90. The Balaban J connectivity index is 2.13. The van der Waals surface area contributed by atoms with Gasteiger partial charge in [-0.05, 0) is 12.1 Å². The monoisotopic (exact) mass is 342 g/mol. The number of nitrogens with zero attached hydrogens (tertiary/aromatic N) is 4. The lowest BCUT2D eigenvalue weighted by Crippen LogP contribution is -1.93. The second-order valence-electron chi connectivity index (χ2n) is 6.56. The highest BCUT2D eigenvalue weighted by Gasteiger charge is 2.22. The van der Waals surface area contributed by atoms with Gasteiger partial charge in [0.25, 0.3) is 0 Å². The summed E-state index contributed by atoms with van der Waals surface area (Å²) in [5, 5.41) is 4.90. The van der Waals surface area contributed by atoms with Crippen molar-refractivity contribution in [1.29, 1.82) is 0 Å². The summed E-state index contributed by atoms with van der Waals surface area (Å²) in [6, 6.07) is 17.1. The topological polar surface area (TPSA) is 35.6 Å². The molecule has 0 unspecified atom stereocenters. The Hall–Kier alpha value is -2.92. The summed E-state index contributed by atoms with van der Waals surface area (Å²) < 4.78 is 14.0. The van der Waals surface area contributed by atoms with Gasteiger partial charge in [-0.2, -0.15) is 8.75 Å². The average molecular weight is 342 g/mol. The number of hydrogen-bond donors (Lipinski definition) is 0. The molecular weight excluding hydrogens is 328 g/mol. The van der Waals surface area contributed by atoms with Crippen LogP contribution in [0.3, 0.4) is 0 Å². The summed E-state index contributed by atoms with van der Waals surface area (Å²) in [6.45, 7) is 0. The smallest absolute Gasteiger partial charge is 0.115 e. The van der Waals surface area contributed by atoms with Crippen LogP contribution in [0.1, 0.15) is 0 Å². The maximum absolute atomic E-state index is 4.68. The molecule has 120 valence electrons. The Labute approximate surface area is 147 Å². The molecule has 4 nitrogen and oxygen atoms in total. The normalized spacial score (nSPS) is 12.4. The van der Waals surface area contributed by atoms with Gasteiger partial charge in [0, 0.05) is 46.7 Å². The minimum Gasteiger partial charge on any atom is -0.342 e. The van der Waals surface area contributed by atoms with E-state index in [2.05, 4.69) is 80.5 Å². The largest absolute Gasteiger partial charge is 0.342 e. The van der Waals surface area contributed by atoms with Crippen molar-refractivity contribution in [1.82, 2.24) is 17.9 Å². The van der Waals surface area contributed by atoms with Crippen LogP contribution in [-0.4, -0.2) is 17.9 Å². The molecule has 0 fully saturated rings. The predicted molar refractivity (Wildman–Crippen MR) is 105 cm³/mol. The molecule has 0 aliphatic carbocycles. The molecule has 0 atom stereocenters. The highest BCUT2D eigenvalue weighted by Crippen LogP contribution is 2.42. The fraction of sp³-hybridized carbons (Fsp3) is 0.100. The third-order valence-electron chi connectivity index (χ3n) is 5.40. The third kappa shape index (κ3) is 1.44. The van der Waals surface area contributed by atoms with Crippen molar-refractivity contribution in [2.24, 2.45) is 14.1 Å². The SMILES string of the molecule is Cn1c2ccccc2c2c3nsnc3c3c4ccccc4n(C)c3c21. The van der Waals surface area contributed by atoms with Crippen LogP contribution in [0.25, 0.3) is 54.6 Å². The van der Waals surface area contributed by atoms with Gasteiger partial charge >= 0.3 is 0 Å². The number of benzene rings is 3. The zero-order chi connectivity index (χ0) is 16.7. The van der Waals surface area contributed by atoms with Crippen LogP contribution in [-0.2, 0) is 14.1 Å². The number of rotatable bonds is 0. The Bertz CT molecular complexity index is 1360. The Morgan fingerprint density at radius 2 is 1.12 bits per heavy atom. The van der Waals surface area contributed by atoms with Gasteiger partial charge in [0.2, 0.25) is 0 Å². The van der Waals surface area contributed by atoms with E-state index in [0.29, 0.717) is 0 Å². The number of aryl methyl sites for hydroxylation is 2. The summed E-state index contributed by atoms with van der Waals surface area (Å²) in [5.41, 5.74) is 6.95. The molecule has 0 bridgehead atoms. The Morgan fingerprint density at radius 1 is 0.680 bits per heavy atom. The number of hydrogen-bond acceptors (Lipinski definition) is 3. The first-order chi connectivity index (χ1) is 12.3. The van der Waals surface area contributed by atoms with Crippen LogP contribution in [0.4, 0.5) is 0 Å². The lowest BCUT2D eigenvalue weighted by atomic mass is 10.1. The molecule has 3 aromatic carbocycles. The summed E-state index contributed by atoms with van der Waals surface area (Å²) in [5.74, 6) is 0. The first kappa shape index (κ1) is 13.4. The van der Waals surface area contributed by atoms with E-state index < -0.39 is 0 Å². The maximum atomic E-state index is 4.68. The minimum absolute atomic E-state index is 1.01. The number of aromatic nitrogens is 4. The van der Waals surface area contributed by atoms with Crippen LogP contribution in [0.15, 0.2) is 48.5 Å². The molecule has 25 heavy (non-hydrogen) atoms. The molecule has 0 radical (unpaired) electrons. The van der Waals surface area contributed by atoms with E-state index in [0.717, 1.165) is 11.0 Å². The van der Waals surface area contributed by atoms with Crippen LogP contribution in [0.5, 0.6) is 0 Å². The average Bonchev–Trinajstić information content (AvgIpc) is 3.31. The van der Waals surface area contributed by atoms with Crippen LogP contribution >= 0.6 is 11.7 Å². The summed E-state index contributed by atoms with van der Waals surface area (Å²) in [6.07, 6.45) is 0. The van der Waals surface area contributed by atoms with E-state index in [4.69, 9.17) is 0 Å². The van der Waals surface area contributed by atoms with Gasteiger partial charge in [-0.25, -0.2) is 0 Å². The summed E-state index contributed by atoms with van der Waals surface area (Å²) >= 11 is 1.30. The molecule has 0 saturated heterocycles. The van der Waals surface area contributed by atoms with Gasteiger partial charge in [-0.3, -0.25) is 0 Å². The van der Waals surface area contributed by atoms with Gasteiger partial charge < -0.3 is 9.13 Å². The summed E-state index contributed by atoms with van der Waals surface area (Å²) in [7, 11) is 4.29. The highest BCUT2D eigenvalue weighted by molar-refractivity contribution is 7.00. The van der Waals surface area contributed by atoms with Gasteiger partial charge in [0.1, 0.15) is 11.0 Å². The zero-order valence-corrected chi connectivity index (χ0v) is 14.6. The van der Waals surface area contributed by atoms with Gasteiger partial charge in [0.05, 0.1) is 22.8 Å². The predicted octanol–water partition coefficient (Wildman–Crippen LogP) is 4.98. The molecule has 0 N–H and O–H groups in total.